The van der Waals surface area contributed by atoms with Gasteiger partial charge in [-0.05, 0) is 38.2 Å². The lowest BCUT2D eigenvalue weighted by molar-refractivity contribution is 0.159. The molecular weight excluding hydrogens is 261 g/mol. The Balaban J connectivity index is 2.00. The summed E-state index contributed by atoms with van der Waals surface area (Å²) in [7, 11) is 0. The monoisotopic (exact) mass is 277 g/mol. The highest BCUT2D eigenvalue weighted by atomic mass is 79.9. The Morgan fingerprint density at radius 2 is 2.00 bits per heavy atom. The van der Waals surface area contributed by atoms with Gasteiger partial charge in [0.1, 0.15) is 0 Å². The maximum Gasteiger partial charge on any atom is 0.0207 e. The maximum atomic E-state index is 5.72. The average molecular weight is 279 g/mol. The Kier molecular flexibility index (Phi) is 3.56. The van der Waals surface area contributed by atoms with Crippen LogP contribution in [0.25, 0.3) is 0 Å². The summed E-state index contributed by atoms with van der Waals surface area (Å²) >= 11 is 9.47. The summed E-state index contributed by atoms with van der Waals surface area (Å²) in [5.41, 5.74) is 3.01. The van der Waals surface area contributed by atoms with Crippen LogP contribution in [0.4, 0.5) is 0 Å². The Labute approximate surface area is 99.6 Å². The molecule has 0 saturated carbocycles. The first-order valence-corrected chi connectivity index (χ1v) is 6.71. The van der Waals surface area contributed by atoms with Gasteiger partial charge in [0, 0.05) is 29.0 Å². The predicted molar refractivity (Wildman–Crippen MR) is 65.1 cm³/mol. The molecule has 14 heavy (non-hydrogen) atoms. The molecule has 1 nitrogen and oxygen atoms in total. The number of hydrogen-bond acceptors (Lipinski definition) is 1. The smallest absolute Gasteiger partial charge is 0.0207 e. The van der Waals surface area contributed by atoms with E-state index in [-0.39, 0.29) is 0 Å². The summed E-state index contributed by atoms with van der Waals surface area (Å²) < 4.78 is 0. The van der Waals surface area contributed by atoms with Crippen molar-refractivity contribution in [2.24, 2.45) is 0 Å². The Hall–Kier alpha value is 0.470. The third-order valence-electron chi connectivity index (χ3n) is 3.45. The number of halogens is 2. The van der Waals surface area contributed by atoms with Gasteiger partial charge in [0.15, 0.2) is 0 Å². The van der Waals surface area contributed by atoms with E-state index in [1.807, 2.05) is 0 Å². The fourth-order valence-electron chi connectivity index (χ4n) is 2.79. The largest absolute Gasteiger partial charge is 0.293 e. The molecule has 0 aromatic carbocycles. The van der Waals surface area contributed by atoms with Crippen molar-refractivity contribution >= 4 is 27.5 Å². The van der Waals surface area contributed by atoms with E-state index < -0.39 is 0 Å². The molecule has 2 bridgehead atoms. The third kappa shape index (κ3) is 2.17. The van der Waals surface area contributed by atoms with Crippen molar-refractivity contribution in [1.82, 2.24) is 4.90 Å². The van der Waals surface area contributed by atoms with Crippen molar-refractivity contribution in [1.29, 1.82) is 0 Å². The molecule has 0 aromatic rings. The fourth-order valence-corrected chi connectivity index (χ4v) is 3.72. The number of fused-ring (bicyclic) bond motifs is 2. The van der Waals surface area contributed by atoms with E-state index in [9.17, 15) is 0 Å². The predicted octanol–water partition coefficient (Wildman–Crippen LogP) is 3.52. The molecule has 0 radical (unpaired) electrons. The third-order valence-corrected chi connectivity index (χ3v) is 4.57. The van der Waals surface area contributed by atoms with E-state index in [1.165, 1.54) is 31.3 Å². The summed E-state index contributed by atoms with van der Waals surface area (Å²) in [5, 5.41) is 0. The minimum absolute atomic E-state index is 0.747. The highest BCUT2D eigenvalue weighted by Gasteiger charge is 2.39. The second-order valence-corrected chi connectivity index (χ2v) is 6.09. The van der Waals surface area contributed by atoms with Crippen LogP contribution in [0.3, 0.4) is 0 Å². The molecule has 2 rings (SSSR count). The van der Waals surface area contributed by atoms with Crippen molar-refractivity contribution < 1.29 is 0 Å². The topological polar surface area (TPSA) is 3.24 Å². The van der Waals surface area contributed by atoms with Crippen LogP contribution in [-0.4, -0.2) is 28.4 Å². The summed E-state index contributed by atoms with van der Waals surface area (Å²) in [6.07, 6.45) is 5.38. The minimum atomic E-state index is 0.747. The van der Waals surface area contributed by atoms with Gasteiger partial charge in [-0.2, -0.15) is 0 Å². The zero-order valence-corrected chi connectivity index (χ0v) is 10.9. The summed E-state index contributed by atoms with van der Waals surface area (Å²) in [4.78, 5) is 3.39. The van der Waals surface area contributed by atoms with Crippen LogP contribution in [0.2, 0.25) is 0 Å². The van der Waals surface area contributed by atoms with E-state index in [0.717, 1.165) is 23.5 Å². The number of rotatable bonds is 2. The molecule has 0 N–H and O–H groups in total. The van der Waals surface area contributed by atoms with Crippen LogP contribution in [0.5, 0.6) is 0 Å². The molecule has 2 aliphatic heterocycles. The lowest BCUT2D eigenvalue weighted by Gasteiger charge is -2.37. The quantitative estimate of drug-likeness (QED) is 0.699. The summed E-state index contributed by atoms with van der Waals surface area (Å²) in [6.45, 7) is 3.19. The highest BCUT2D eigenvalue weighted by molar-refractivity contribution is 9.09. The summed E-state index contributed by atoms with van der Waals surface area (Å²) in [6, 6.07) is 1.59. The zero-order chi connectivity index (χ0) is 10.1. The van der Waals surface area contributed by atoms with Crippen LogP contribution < -0.4 is 0 Å². The Bertz CT molecular complexity index is 227. The van der Waals surface area contributed by atoms with Gasteiger partial charge in [-0.1, -0.05) is 27.5 Å². The maximum absolute atomic E-state index is 5.72. The Morgan fingerprint density at radius 3 is 2.50 bits per heavy atom. The SMILES string of the molecule is CC(=CCl)CN1C2CCC1CC(Br)C2. The van der Waals surface area contributed by atoms with Crippen molar-refractivity contribution in [3.63, 3.8) is 0 Å². The van der Waals surface area contributed by atoms with Crippen molar-refractivity contribution in [3.8, 4) is 0 Å². The number of alkyl halides is 1. The lowest BCUT2D eigenvalue weighted by atomic mass is 10.0. The van der Waals surface area contributed by atoms with Crippen LogP contribution in [0.15, 0.2) is 11.1 Å². The second kappa shape index (κ2) is 4.54. The molecule has 2 unspecified atom stereocenters. The fraction of sp³-hybridized carbons (Fsp3) is 0.818. The average Bonchev–Trinajstić information content (AvgIpc) is 2.41. The van der Waals surface area contributed by atoms with Gasteiger partial charge in [0.05, 0.1) is 0 Å². The Morgan fingerprint density at radius 1 is 1.43 bits per heavy atom. The minimum Gasteiger partial charge on any atom is -0.293 e. The molecule has 0 spiro atoms. The first-order chi connectivity index (χ1) is 6.70. The number of nitrogens with zero attached hydrogens (tertiary/aromatic N) is 1. The van der Waals surface area contributed by atoms with Gasteiger partial charge < -0.3 is 0 Å². The van der Waals surface area contributed by atoms with Crippen molar-refractivity contribution in [2.45, 2.75) is 49.5 Å². The van der Waals surface area contributed by atoms with Crippen molar-refractivity contribution in [3.05, 3.63) is 11.1 Å². The van der Waals surface area contributed by atoms with Gasteiger partial charge in [-0.15, -0.1) is 0 Å². The van der Waals surface area contributed by atoms with Gasteiger partial charge >= 0.3 is 0 Å². The van der Waals surface area contributed by atoms with Gasteiger partial charge in [0.25, 0.3) is 0 Å². The molecule has 0 aromatic heterocycles. The van der Waals surface area contributed by atoms with E-state index >= 15 is 0 Å². The van der Waals surface area contributed by atoms with Gasteiger partial charge in [-0.3, -0.25) is 4.90 Å². The molecule has 80 valence electrons. The molecule has 3 heteroatoms. The molecule has 2 saturated heterocycles. The molecule has 2 fully saturated rings. The standard InChI is InChI=1S/C11H17BrClN/c1-8(6-13)7-14-10-2-3-11(14)5-9(12)4-10/h6,9-11H,2-5,7H2,1H3. The van der Waals surface area contributed by atoms with Crippen LogP contribution in [-0.2, 0) is 0 Å². The van der Waals surface area contributed by atoms with E-state index in [1.54, 1.807) is 5.54 Å². The molecule has 0 aliphatic carbocycles. The number of piperidine rings is 1. The molecule has 2 aliphatic rings. The van der Waals surface area contributed by atoms with E-state index in [0.29, 0.717) is 0 Å². The number of hydrogen-bond donors (Lipinski definition) is 0. The van der Waals surface area contributed by atoms with Crippen LogP contribution >= 0.6 is 27.5 Å². The normalized spacial score (nSPS) is 39.1. The van der Waals surface area contributed by atoms with Gasteiger partial charge in [-0.25, -0.2) is 0 Å². The van der Waals surface area contributed by atoms with Crippen LogP contribution in [0.1, 0.15) is 32.6 Å². The summed E-state index contributed by atoms with van der Waals surface area (Å²) in [5.74, 6) is 0. The molecule has 2 atom stereocenters. The molecule has 2 heterocycles. The lowest BCUT2D eigenvalue weighted by Crippen LogP contribution is -2.43. The van der Waals surface area contributed by atoms with E-state index in [4.69, 9.17) is 11.6 Å². The molecular formula is C11H17BrClN. The molecule has 0 amide bonds. The highest BCUT2D eigenvalue weighted by Crippen LogP contribution is 2.38. The van der Waals surface area contributed by atoms with Crippen LogP contribution in [0, 0.1) is 0 Å². The second-order valence-electron chi connectivity index (χ2n) is 4.58. The first-order valence-electron chi connectivity index (χ1n) is 5.36. The zero-order valence-electron chi connectivity index (χ0n) is 8.55. The van der Waals surface area contributed by atoms with Gasteiger partial charge in [0.2, 0.25) is 0 Å². The first kappa shape index (κ1) is 11.0. The van der Waals surface area contributed by atoms with E-state index in [2.05, 4.69) is 27.8 Å². The van der Waals surface area contributed by atoms with Crippen molar-refractivity contribution in [2.75, 3.05) is 6.54 Å².